The van der Waals surface area contributed by atoms with Gasteiger partial charge in [0.2, 0.25) is 0 Å². The molecule has 0 bridgehead atoms. The Hall–Kier alpha value is -1.62. The lowest BCUT2D eigenvalue weighted by Crippen LogP contribution is -2.48. The van der Waals surface area contributed by atoms with Crippen LogP contribution in [0.1, 0.15) is 51.5 Å². The molecule has 1 saturated heterocycles. The summed E-state index contributed by atoms with van der Waals surface area (Å²) in [7, 11) is 0. The fraction of sp³-hybridized carbons (Fsp3) is 0.667. The average molecular weight is 362 g/mol. The highest BCUT2D eigenvalue weighted by Gasteiger charge is 2.38. The highest BCUT2D eigenvalue weighted by atomic mass is 19.1. The maximum absolute atomic E-state index is 13.3. The summed E-state index contributed by atoms with van der Waals surface area (Å²) in [6, 6.07) is 7.01. The number of guanidine groups is 1. The van der Waals surface area contributed by atoms with Crippen LogP contribution < -0.4 is 5.32 Å². The number of nitrogens with zero attached hydrogens (tertiary/aromatic N) is 2. The van der Waals surface area contributed by atoms with E-state index in [1.165, 1.54) is 12.0 Å². The summed E-state index contributed by atoms with van der Waals surface area (Å²) in [5.41, 5.74) is 1.30. The Morgan fingerprint density at radius 2 is 1.92 bits per heavy atom. The quantitative estimate of drug-likeness (QED) is 0.620. The molecular formula is C21H32FN3O. The molecule has 2 fully saturated rings. The predicted molar refractivity (Wildman–Crippen MR) is 104 cm³/mol. The van der Waals surface area contributed by atoms with Crippen LogP contribution in [0, 0.1) is 5.82 Å². The van der Waals surface area contributed by atoms with Crippen molar-refractivity contribution in [1.29, 1.82) is 0 Å². The monoisotopic (exact) mass is 361 g/mol. The Morgan fingerprint density at radius 3 is 2.46 bits per heavy atom. The van der Waals surface area contributed by atoms with Crippen molar-refractivity contribution in [3.8, 4) is 0 Å². The molecule has 1 aromatic carbocycles. The first-order valence-corrected chi connectivity index (χ1v) is 10.1. The zero-order valence-electron chi connectivity index (χ0n) is 16.1. The number of ether oxygens (including phenoxy) is 1. The number of aliphatic imine (C=N–C) groups is 1. The average Bonchev–Trinajstić information content (AvgIpc) is 2.62. The number of hydrogen-bond acceptors (Lipinski definition) is 2. The minimum absolute atomic E-state index is 0.0814. The van der Waals surface area contributed by atoms with Gasteiger partial charge in [-0.05, 0) is 57.2 Å². The van der Waals surface area contributed by atoms with Gasteiger partial charge in [-0.25, -0.2) is 4.39 Å². The molecule has 0 unspecified atom stereocenters. The molecule has 1 heterocycles. The Labute approximate surface area is 156 Å². The third kappa shape index (κ3) is 4.37. The molecule has 2 aliphatic rings. The largest absolute Gasteiger partial charge is 0.378 e. The van der Waals surface area contributed by atoms with Crippen molar-refractivity contribution >= 4 is 5.96 Å². The molecule has 144 valence electrons. The second kappa shape index (κ2) is 8.85. The molecule has 0 radical (unpaired) electrons. The van der Waals surface area contributed by atoms with Crippen molar-refractivity contribution in [2.24, 2.45) is 4.99 Å². The number of rotatable bonds is 6. The van der Waals surface area contributed by atoms with E-state index in [1.807, 2.05) is 12.1 Å². The van der Waals surface area contributed by atoms with Crippen LogP contribution in [-0.2, 0) is 10.2 Å². The van der Waals surface area contributed by atoms with Crippen molar-refractivity contribution in [2.75, 3.05) is 32.8 Å². The van der Waals surface area contributed by atoms with Gasteiger partial charge in [0.25, 0.3) is 0 Å². The van der Waals surface area contributed by atoms with Crippen molar-refractivity contribution < 1.29 is 9.13 Å². The summed E-state index contributed by atoms with van der Waals surface area (Å²) in [5, 5.41) is 3.46. The number of nitrogens with one attached hydrogen (secondary N) is 1. The van der Waals surface area contributed by atoms with Gasteiger partial charge >= 0.3 is 0 Å². The first kappa shape index (κ1) is 19.2. The molecule has 5 heteroatoms. The van der Waals surface area contributed by atoms with Gasteiger partial charge in [-0.1, -0.05) is 18.6 Å². The first-order valence-electron chi connectivity index (χ1n) is 10.1. The molecule has 1 saturated carbocycles. The van der Waals surface area contributed by atoms with Gasteiger partial charge in [0.1, 0.15) is 5.82 Å². The minimum Gasteiger partial charge on any atom is -0.378 e. The van der Waals surface area contributed by atoms with Crippen LogP contribution in [0.5, 0.6) is 0 Å². The van der Waals surface area contributed by atoms with Gasteiger partial charge in [-0.2, -0.15) is 0 Å². The van der Waals surface area contributed by atoms with Gasteiger partial charge in [-0.3, -0.25) is 4.99 Å². The molecule has 1 aliphatic carbocycles. The van der Waals surface area contributed by atoms with Crippen molar-refractivity contribution in [1.82, 2.24) is 10.2 Å². The van der Waals surface area contributed by atoms with E-state index in [2.05, 4.69) is 24.1 Å². The van der Waals surface area contributed by atoms with E-state index in [0.717, 1.165) is 64.4 Å². The van der Waals surface area contributed by atoms with E-state index in [4.69, 9.17) is 9.73 Å². The number of piperidine rings is 1. The Balaban J connectivity index is 1.67. The maximum atomic E-state index is 13.3. The summed E-state index contributed by atoms with van der Waals surface area (Å²) in [5.74, 6) is 0.841. The third-order valence-electron chi connectivity index (χ3n) is 5.78. The second-order valence-corrected chi connectivity index (χ2v) is 7.45. The topological polar surface area (TPSA) is 36.9 Å². The number of likely N-dealkylation sites (tertiary alicyclic amines) is 1. The van der Waals surface area contributed by atoms with Crippen molar-refractivity contribution in [2.45, 2.75) is 57.5 Å². The molecule has 1 aliphatic heterocycles. The van der Waals surface area contributed by atoms with Gasteiger partial charge in [0.15, 0.2) is 5.96 Å². The van der Waals surface area contributed by atoms with Crippen LogP contribution in [0.3, 0.4) is 0 Å². The van der Waals surface area contributed by atoms with Crippen molar-refractivity contribution in [3.63, 3.8) is 0 Å². The van der Waals surface area contributed by atoms with E-state index in [9.17, 15) is 4.39 Å². The number of halogens is 1. The van der Waals surface area contributed by atoms with E-state index in [0.29, 0.717) is 6.10 Å². The van der Waals surface area contributed by atoms with Crippen LogP contribution in [0.25, 0.3) is 0 Å². The second-order valence-electron chi connectivity index (χ2n) is 7.45. The van der Waals surface area contributed by atoms with Gasteiger partial charge in [0.05, 0.1) is 12.6 Å². The summed E-state index contributed by atoms with van der Waals surface area (Å²) in [6.45, 7) is 8.58. The molecule has 1 aromatic rings. The fourth-order valence-electron chi connectivity index (χ4n) is 4.07. The summed E-state index contributed by atoms with van der Waals surface area (Å²) in [6.07, 6.45) is 5.99. The fourth-order valence-corrected chi connectivity index (χ4v) is 4.07. The van der Waals surface area contributed by atoms with Gasteiger partial charge < -0.3 is 15.0 Å². The lowest BCUT2D eigenvalue weighted by Gasteiger charge is -2.42. The summed E-state index contributed by atoms with van der Waals surface area (Å²) < 4.78 is 19.0. The molecule has 3 rings (SSSR count). The zero-order chi connectivity index (χ0) is 18.4. The Morgan fingerprint density at radius 1 is 1.23 bits per heavy atom. The van der Waals surface area contributed by atoms with E-state index in [-0.39, 0.29) is 11.2 Å². The van der Waals surface area contributed by atoms with Crippen LogP contribution in [-0.4, -0.2) is 49.7 Å². The van der Waals surface area contributed by atoms with E-state index in [1.54, 1.807) is 12.1 Å². The molecule has 0 atom stereocenters. The summed E-state index contributed by atoms with van der Waals surface area (Å²) >= 11 is 0. The van der Waals surface area contributed by atoms with Crippen LogP contribution in [0.2, 0.25) is 0 Å². The zero-order valence-corrected chi connectivity index (χ0v) is 16.1. The molecule has 0 spiro atoms. The smallest absolute Gasteiger partial charge is 0.193 e. The van der Waals surface area contributed by atoms with Crippen molar-refractivity contribution in [3.05, 3.63) is 35.6 Å². The Bertz CT molecular complexity index is 590. The molecular weight excluding hydrogens is 329 g/mol. The van der Waals surface area contributed by atoms with E-state index < -0.39 is 0 Å². The molecule has 26 heavy (non-hydrogen) atoms. The highest BCUT2D eigenvalue weighted by molar-refractivity contribution is 5.80. The molecule has 4 nitrogen and oxygen atoms in total. The normalized spacial score (nSPS) is 20.7. The van der Waals surface area contributed by atoms with Gasteiger partial charge in [0, 0.05) is 31.7 Å². The molecule has 0 amide bonds. The Kier molecular flexibility index (Phi) is 6.52. The maximum Gasteiger partial charge on any atom is 0.193 e. The SMILES string of the molecule is CCNC(=NCC1(c2ccc(F)cc2)CCC1)N1CCC(OCC)CC1. The number of hydrogen-bond donors (Lipinski definition) is 1. The standard InChI is InChI=1S/C21H32FN3O/c1-3-23-20(25-14-10-19(11-15-25)26-4-2)24-16-21(12-5-13-21)17-6-8-18(22)9-7-17/h6-9,19H,3-5,10-16H2,1-2H3,(H,23,24). The van der Waals surface area contributed by atoms with Gasteiger partial charge in [-0.15, -0.1) is 0 Å². The van der Waals surface area contributed by atoms with Crippen LogP contribution in [0.15, 0.2) is 29.3 Å². The molecule has 1 N–H and O–H groups in total. The first-order chi connectivity index (χ1) is 12.7. The minimum atomic E-state index is -0.169. The summed E-state index contributed by atoms with van der Waals surface area (Å²) in [4.78, 5) is 7.36. The number of benzene rings is 1. The third-order valence-corrected chi connectivity index (χ3v) is 5.78. The predicted octanol–water partition coefficient (Wildman–Crippen LogP) is 3.71. The molecule has 0 aromatic heterocycles. The van der Waals surface area contributed by atoms with E-state index >= 15 is 0 Å². The lowest BCUT2D eigenvalue weighted by atomic mass is 9.64. The highest BCUT2D eigenvalue weighted by Crippen LogP contribution is 2.44. The van der Waals surface area contributed by atoms with Crippen LogP contribution >= 0.6 is 0 Å². The lowest BCUT2D eigenvalue weighted by molar-refractivity contribution is 0.0263. The van der Waals surface area contributed by atoms with Crippen LogP contribution in [0.4, 0.5) is 4.39 Å².